The van der Waals surface area contributed by atoms with Crippen LogP contribution in [-0.4, -0.2) is 24.6 Å². The van der Waals surface area contributed by atoms with Gasteiger partial charge in [0, 0.05) is 25.4 Å². The van der Waals surface area contributed by atoms with E-state index in [1.54, 1.807) is 37.7 Å². The molecule has 0 aliphatic rings. The van der Waals surface area contributed by atoms with Gasteiger partial charge in [0.2, 0.25) is 5.91 Å². The van der Waals surface area contributed by atoms with Crippen molar-refractivity contribution in [3.05, 3.63) is 82.1 Å². The maximum Gasteiger partial charge on any atom is 0.220 e. The molecule has 0 saturated heterocycles. The van der Waals surface area contributed by atoms with Crippen LogP contribution in [0.2, 0.25) is 10.0 Å². The van der Waals surface area contributed by atoms with E-state index >= 15 is 0 Å². The third-order valence-electron chi connectivity index (χ3n) is 4.58. The third-order valence-corrected chi connectivity index (χ3v) is 5.38. The molecule has 0 radical (unpaired) electrons. The van der Waals surface area contributed by atoms with Crippen LogP contribution in [0.4, 0.5) is 0 Å². The quantitative estimate of drug-likeness (QED) is 0.374. The SMILES string of the molecule is COc1cc(CNC(=O)CCCOc2cccc(Cl)c2Cl)ccc1OCc1ccncc1. The Hall–Kier alpha value is -2.96. The summed E-state index contributed by atoms with van der Waals surface area (Å²) in [6.45, 7) is 1.17. The monoisotopic (exact) mass is 474 g/mol. The molecule has 0 aliphatic carbocycles. The van der Waals surface area contributed by atoms with Gasteiger partial charge in [-0.3, -0.25) is 9.78 Å². The number of benzene rings is 2. The van der Waals surface area contributed by atoms with Crippen molar-refractivity contribution in [3.63, 3.8) is 0 Å². The molecule has 0 saturated carbocycles. The predicted molar refractivity (Wildman–Crippen MR) is 125 cm³/mol. The molecular formula is C24H24Cl2N2O4. The van der Waals surface area contributed by atoms with Crippen LogP contribution in [0, 0.1) is 0 Å². The van der Waals surface area contributed by atoms with Crippen molar-refractivity contribution < 1.29 is 19.0 Å². The minimum Gasteiger partial charge on any atom is -0.493 e. The van der Waals surface area contributed by atoms with E-state index in [2.05, 4.69) is 10.3 Å². The summed E-state index contributed by atoms with van der Waals surface area (Å²) < 4.78 is 16.9. The molecule has 8 heteroatoms. The summed E-state index contributed by atoms with van der Waals surface area (Å²) in [6, 6.07) is 14.6. The van der Waals surface area contributed by atoms with Crippen LogP contribution in [0.25, 0.3) is 0 Å². The molecule has 0 bridgehead atoms. The Kier molecular flexibility index (Phi) is 9.01. The van der Waals surface area contributed by atoms with Crippen molar-refractivity contribution in [2.24, 2.45) is 0 Å². The van der Waals surface area contributed by atoms with Gasteiger partial charge in [-0.1, -0.05) is 35.3 Å². The van der Waals surface area contributed by atoms with Gasteiger partial charge in [0.1, 0.15) is 17.4 Å². The molecule has 3 rings (SSSR count). The minimum atomic E-state index is -0.0669. The summed E-state index contributed by atoms with van der Waals surface area (Å²) in [5, 5.41) is 3.71. The lowest BCUT2D eigenvalue weighted by molar-refractivity contribution is -0.121. The molecule has 0 spiro atoms. The van der Waals surface area contributed by atoms with Gasteiger partial charge in [-0.05, 0) is 53.9 Å². The largest absolute Gasteiger partial charge is 0.493 e. The highest BCUT2D eigenvalue weighted by atomic mass is 35.5. The average Bonchev–Trinajstić information content (AvgIpc) is 2.82. The van der Waals surface area contributed by atoms with Crippen LogP contribution in [0.3, 0.4) is 0 Å². The standard InChI is InChI=1S/C24H24Cl2N2O4/c1-30-22-14-18(7-8-20(22)32-16-17-9-11-27-12-10-17)15-28-23(29)6-3-13-31-21-5-2-4-19(25)24(21)26/h2,4-5,7-12,14H,3,6,13,15-16H2,1H3,(H,28,29). The third kappa shape index (κ3) is 7.04. The van der Waals surface area contributed by atoms with E-state index in [9.17, 15) is 4.79 Å². The zero-order valence-corrected chi connectivity index (χ0v) is 19.2. The fourth-order valence-electron chi connectivity index (χ4n) is 2.88. The Morgan fingerprint density at radius 2 is 1.78 bits per heavy atom. The number of pyridine rings is 1. The molecular weight excluding hydrogens is 451 g/mol. The summed E-state index contributed by atoms with van der Waals surface area (Å²) in [5.41, 5.74) is 1.92. The highest BCUT2D eigenvalue weighted by Gasteiger charge is 2.09. The first-order valence-corrected chi connectivity index (χ1v) is 10.8. The Balaban J connectivity index is 1.42. The summed E-state index contributed by atoms with van der Waals surface area (Å²) in [5.74, 6) is 1.69. The molecule has 0 fully saturated rings. The molecule has 3 aromatic rings. The van der Waals surface area contributed by atoms with E-state index in [-0.39, 0.29) is 5.91 Å². The second-order valence-corrected chi connectivity index (χ2v) is 7.70. The van der Waals surface area contributed by atoms with Crippen LogP contribution in [-0.2, 0) is 17.9 Å². The van der Waals surface area contributed by atoms with Crippen LogP contribution in [0.15, 0.2) is 60.9 Å². The second-order valence-electron chi connectivity index (χ2n) is 6.91. The van der Waals surface area contributed by atoms with Crippen molar-refractivity contribution >= 4 is 29.1 Å². The van der Waals surface area contributed by atoms with Crippen molar-refractivity contribution in [1.29, 1.82) is 0 Å². The number of ether oxygens (including phenoxy) is 3. The second kappa shape index (κ2) is 12.2. The molecule has 1 amide bonds. The maximum absolute atomic E-state index is 12.2. The molecule has 0 aliphatic heterocycles. The van der Waals surface area contributed by atoms with E-state index in [1.165, 1.54) is 0 Å². The number of nitrogens with one attached hydrogen (secondary N) is 1. The van der Waals surface area contributed by atoms with Crippen molar-refractivity contribution in [2.45, 2.75) is 26.0 Å². The van der Waals surface area contributed by atoms with Crippen LogP contribution in [0.1, 0.15) is 24.0 Å². The topological polar surface area (TPSA) is 69.7 Å². The van der Waals surface area contributed by atoms with E-state index < -0.39 is 0 Å². The van der Waals surface area contributed by atoms with Gasteiger partial charge in [0.05, 0.1) is 18.7 Å². The Morgan fingerprint density at radius 3 is 2.56 bits per heavy atom. The summed E-state index contributed by atoms with van der Waals surface area (Å²) in [4.78, 5) is 16.1. The molecule has 168 valence electrons. The Morgan fingerprint density at radius 1 is 0.969 bits per heavy atom. The van der Waals surface area contributed by atoms with Crippen molar-refractivity contribution in [2.75, 3.05) is 13.7 Å². The number of carbonyl (C=O) groups is 1. The van der Waals surface area contributed by atoms with Gasteiger partial charge in [-0.15, -0.1) is 0 Å². The maximum atomic E-state index is 12.2. The number of carbonyl (C=O) groups excluding carboxylic acids is 1. The molecule has 1 N–H and O–H groups in total. The number of nitrogens with zero attached hydrogens (tertiary/aromatic N) is 1. The van der Waals surface area contributed by atoms with Gasteiger partial charge in [-0.25, -0.2) is 0 Å². The van der Waals surface area contributed by atoms with Gasteiger partial charge in [0.15, 0.2) is 11.5 Å². The highest BCUT2D eigenvalue weighted by Crippen LogP contribution is 2.31. The minimum absolute atomic E-state index is 0.0669. The first-order chi connectivity index (χ1) is 15.6. The summed E-state index contributed by atoms with van der Waals surface area (Å²) >= 11 is 12.0. The molecule has 1 aromatic heterocycles. The lowest BCUT2D eigenvalue weighted by atomic mass is 10.2. The van der Waals surface area contributed by atoms with E-state index in [0.717, 1.165) is 11.1 Å². The summed E-state index contributed by atoms with van der Waals surface area (Å²) in [6.07, 6.45) is 4.34. The molecule has 1 heterocycles. The molecule has 0 unspecified atom stereocenters. The van der Waals surface area contributed by atoms with Crippen molar-refractivity contribution in [1.82, 2.24) is 10.3 Å². The number of hydrogen-bond donors (Lipinski definition) is 1. The van der Waals surface area contributed by atoms with Crippen LogP contribution < -0.4 is 19.5 Å². The first-order valence-electron chi connectivity index (χ1n) is 10.1. The lowest BCUT2D eigenvalue weighted by Gasteiger charge is -2.13. The van der Waals surface area contributed by atoms with Crippen LogP contribution >= 0.6 is 23.2 Å². The predicted octanol–water partition coefficient (Wildman–Crippen LogP) is 5.45. The smallest absolute Gasteiger partial charge is 0.220 e. The van der Waals surface area contributed by atoms with Gasteiger partial charge in [0.25, 0.3) is 0 Å². The van der Waals surface area contributed by atoms with E-state index in [0.29, 0.717) is 59.9 Å². The number of hydrogen-bond acceptors (Lipinski definition) is 5. The fraction of sp³-hybridized carbons (Fsp3) is 0.250. The Labute approximate surface area is 197 Å². The fourth-order valence-corrected chi connectivity index (χ4v) is 3.23. The first kappa shape index (κ1) is 23.7. The molecule has 32 heavy (non-hydrogen) atoms. The lowest BCUT2D eigenvalue weighted by Crippen LogP contribution is -2.23. The van der Waals surface area contributed by atoms with Gasteiger partial charge in [-0.2, -0.15) is 0 Å². The number of halogens is 2. The molecule has 2 aromatic carbocycles. The summed E-state index contributed by atoms with van der Waals surface area (Å²) in [7, 11) is 1.59. The van der Waals surface area contributed by atoms with E-state index in [1.807, 2.05) is 30.3 Å². The molecule has 6 nitrogen and oxygen atoms in total. The normalized spacial score (nSPS) is 10.5. The number of rotatable bonds is 11. The average molecular weight is 475 g/mol. The van der Waals surface area contributed by atoms with Gasteiger partial charge < -0.3 is 19.5 Å². The number of amides is 1. The molecule has 0 atom stereocenters. The highest BCUT2D eigenvalue weighted by molar-refractivity contribution is 6.42. The van der Waals surface area contributed by atoms with Crippen molar-refractivity contribution in [3.8, 4) is 17.2 Å². The zero-order chi connectivity index (χ0) is 22.8. The van der Waals surface area contributed by atoms with E-state index in [4.69, 9.17) is 37.4 Å². The number of methoxy groups -OCH3 is 1. The van der Waals surface area contributed by atoms with Crippen LogP contribution in [0.5, 0.6) is 17.2 Å². The van der Waals surface area contributed by atoms with Gasteiger partial charge >= 0.3 is 0 Å². The Bertz CT molecular complexity index is 1030. The number of aromatic nitrogens is 1. The zero-order valence-electron chi connectivity index (χ0n) is 17.6.